The minimum absolute atomic E-state index is 0.341. The first kappa shape index (κ1) is 13.6. The number of likely N-dealkylation sites (tertiary alicyclic amines) is 1. The Labute approximate surface area is 111 Å². The van der Waals surface area contributed by atoms with Crippen molar-refractivity contribution in [3.8, 4) is 0 Å². The van der Waals surface area contributed by atoms with Crippen molar-refractivity contribution in [2.45, 2.75) is 32.2 Å². The van der Waals surface area contributed by atoms with Crippen LogP contribution >= 0.6 is 0 Å². The first-order chi connectivity index (χ1) is 8.81. The SMILES string of the molecule is C[N-][C@@H](c1ccccc1)[C@@H](C)CN1CCCCC1. The summed E-state index contributed by atoms with van der Waals surface area (Å²) < 4.78 is 0. The van der Waals surface area contributed by atoms with Crippen LogP contribution in [0.2, 0.25) is 0 Å². The van der Waals surface area contributed by atoms with Crippen molar-refractivity contribution in [3.05, 3.63) is 41.2 Å². The van der Waals surface area contributed by atoms with Crippen LogP contribution in [0.15, 0.2) is 30.3 Å². The van der Waals surface area contributed by atoms with Crippen molar-refractivity contribution in [1.82, 2.24) is 4.90 Å². The lowest BCUT2D eigenvalue weighted by Crippen LogP contribution is -2.35. The second kappa shape index (κ2) is 6.91. The Bertz CT molecular complexity index is 330. The largest absolute Gasteiger partial charge is 0.658 e. The third-order valence-corrected chi connectivity index (χ3v) is 3.95. The summed E-state index contributed by atoms with van der Waals surface area (Å²) in [7, 11) is 1.95. The predicted octanol–water partition coefficient (Wildman–Crippen LogP) is 3.85. The van der Waals surface area contributed by atoms with Gasteiger partial charge in [-0.15, -0.1) is 6.04 Å². The van der Waals surface area contributed by atoms with E-state index in [0.717, 1.165) is 0 Å². The highest BCUT2D eigenvalue weighted by Gasteiger charge is 2.16. The molecular weight excluding hydrogens is 220 g/mol. The molecule has 100 valence electrons. The number of hydrogen-bond donors (Lipinski definition) is 0. The Balaban J connectivity index is 1.94. The van der Waals surface area contributed by atoms with Gasteiger partial charge >= 0.3 is 0 Å². The zero-order valence-corrected chi connectivity index (χ0v) is 11.7. The number of nitrogens with zero attached hydrogens (tertiary/aromatic N) is 2. The van der Waals surface area contributed by atoms with Gasteiger partial charge in [-0.05, 0) is 38.4 Å². The van der Waals surface area contributed by atoms with Gasteiger partial charge in [-0.25, -0.2) is 0 Å². The number of piperidine rings is 1. The van der Waals surface area contributed by atoms with Crippen molar-refractivity contribution in [2.75, 3.05) is 26.7 Å². The summed E-state index contributed by atoms with van der Waals surface area (Å²) in [4.78, 5) is 2.61. The second-order valence-corrected chi connectivity index (χ2v) is 5.45. The molecule has 1 heterocycles. The van der Waals surface area contributed by atoms with Crippen molar-refractivity contribution in [3.63, 3.8) is 0 Å². The van der Waals surface area contributed by atoms with Crippen molar-refractivity contribution >= 4 is 0 Å². The van der Waals surface area contributed by atoms with E-state index >= 15 is 0 Å². The molecule has 2 heteroatoms. The maximum absolute atomic E-state index is 4.60. The zero-order valence-electron chi connectivity index (χ0n) is 11.7. The minimum atomic E-state index is 0.341. The third-order valence-electron chi connectivity index (χ3n) is 3.95. The summed E-state index contributed by atoms with van der Waals surface area (Å²) in [5, 5.41) is 4.60. The van der Waals surface area contributed by atoms with Gasteiger partial charge < -0.3 is 10.2 Å². The number of benzene rings is 1. The normalized spacial score (nSPS) is 20.6. The monoisotopic (exact) mass is 245 g/mol. The van der Waals surface area contributed by atoms with Gasteiger partial charge in [0.25, 0.3) is 0 Å². The predicted molar refractivity (Wildman–Crippen MR) is 77.9 cm³/mol. The molecule has 0 amide bonds. The molecule has 1 aliphatic rings. The molecule has 0 aromatic heterocycles. The van der Waals surface area contributed by atoms with Gasteiger partial charge in [0.1, 0.15) is 0 Å². The molecule has 1 aliphatic heterocycles. The average molecular weight is 245 g/mol. The first-order valence-corrected chi connectivity index (χ1v) is 7.17. The summed E-state index contributed by atoms with van der Waals surface area (Å²) in [6.45, 7) is 6.06. The molecule has 0 saturated carbocycles. The fourth-order valence-corrected chi connectivity index (χ4v) is 3.03. The van der Waals surface area contributed by atoms with Crippen LogP contribution in [-0.4, -0.2) is 31.6 Å². The van der Waals surface area contributed by atoms with Gasteiger partial charge in [0.2, 0.25) is 0 Å². The number of rotatable bonds is 5. The van der Waals surface area contributed by atoms with Gasteiger partial charge in [0.05, 0.1) is 0 Å². The van der Waals surface area contributed by atoms with Crippen molar-refractivity contribution < 1.29 is 0 Å². The molecule has 1 aromatic carbocycles. The van der Waals surface area contributed by atoms with Gasteiger partial charge in [-0.3, -0.25) is 0 Å². The Morgan fingerprint density at radius 2 is 1.78 bits per heavy atom. The van der Waals surface area contributed by atoms with E-state index in [0.29, 0.717) is 12.0 Å². The van der Waals surface area contributed by atoms with E-state index in [4.69, 9.17) is 0 Å². The zero-order chi connectivity index (χ0) is 12.8. The highest BCUT2D eigenvalue weighted by Crippen LogP contribution is 2.29. The van der Waals surface area contributed by atoms with Crippen LogP contribution < -0.4 is 0 Å². The molecule has 18 heavy (non-hydrogen) atoms. The molecule has 1 saturated heterocycles. The van der Waals surface area contributed by atoms with Gasteiger partial charge in [0.15, 0.2) is 0 Å². The maximum atomic E-state index is 4.60. The molecule has 2 nitrogen and oxygen atoms in total. The maximum Gasteiger partial charge on any atom is -0.000383 e. The summed E-state index contributed by atoms with van der Waals surface area (Å²) in [5.41, 5.74) is 1.35. The second-order valence-electron chi connectivity index (χ2n) is 5.45. The smallest absolute Gasteiger partial charge is 0.000383 e. The molecule has 0 aliphatic carbocycles. The molecule has 0 N–H and O–H groups in total. The van der Waals surface area contributed by atoms with E-state index in [1.807, 2.05) is 7.05 Å². The van der Waals surface area contributed by atoms with E-state index < -0.39 is 0 Å². The molecule has 1 aromatic rings. The lowest BCUT2D eigenvalue weighted by atomic mass is 9.93. The molecule has 2 atom stereocenters. The Morgan fingerprint density at radius 3 is 2.39 bits per heavy atom. The van der Waals surface area contributed by atoms with Gasteiger partial charge in [0, 0.05) is 0 Å². The van der Waals surface area contributed by atoms with Gasteiger partial charge in [-0.2, -0.15) is 7.05 Å². The van der Waals surface area contributed by atoms with E-state index in [1.165, 1.54) is 44.5 Å². The van der Waals surface area contributed by atoms with E-state index in [9.17, 15) is 0 Å². The average Bonchev–Trinajstić information content (AvgIpc) is 2.42. The van der Waals surface area contributed by atoms with E-state index in [2.05, 4.69) is 47.5 Å². The van der Waals surface area contributed by atoms with Crippen LogP contribution in [0.4, 0.5) is 0 Å². The lowest BCUT2D eigenvalue weighted by Gasteiger charge is -2.38. The lowest BCUT2D eigenvalue weighted by molar-refractivity contribution is 0.194. The van der Waals surface area contributed by atoms with Crippen LogP contribution in [0, 0.1) is 5.92 Å². The fourth-order valence-electron chi connectivity index (χ4n) is 3.03. The quantitative estimate of drug-likeness (QED) is 0.770. The molecule has 0 bridgehead atoms. The highest BCUT2D eigenvalue weighted by molar-refractivity contribution is 5.23. The standard InChI is InChI=1S/C16H25N2/c1-14(13-18-11-7-4-8-12-18)16(17-2)15-9-5-3-6-10-15/h3,5-6,9-10,14,16H,4,7-8,11-13H2,1-2H3/q-1/t14-,16+/m0/s1. The minimum Gasteiger partial charge on any atom is -0.658 e. The van der Waals surface area contributed by atoms with Gasteiger partial charge in [-0.1, -0.05) is 49.2 Å². The molecule has 2 rings (SSSR count). The summed E-state index contributed by atoms with van der Waals surface area (Å²) >= 11 is 0. The van der Waals surface area contributed by atoms with E-state index in [1.54, 1.807) is 0 Å². The summed E-state index contributed by atoms with van der Waals surface area (Å²) in [6, 6.07) is 11.0. The number of hydrogen-bond acceptors (Lipinski definition) is 1. The van der Waals surface area contributed by atoms with Crippen LogP contribution in [0.3, 0.4) is 0 Å². The fraction of sp³-hybridized carbons (Fsp3) is 0.625. The summed E-state index contributed by atoms with van der Waals surface area (Å²) in [5.74, 6) is 0.593. The Hall–Kier alpha value is -0.860. The molecule has 0 spiro atoms. The molecule has 0 unspecified atom stereocenters. The third kappa shape index (κ3) is 3.56. The molecule has 1 fully saturated rings. The van der Waals surface area contributed by atoms with Crippen LogP contribution in [0.5, 0.6) is 0 Å². The van der Waals surface area contributed by atoms with Crippen molar-refractivity contribution in [1.29, 1.82) is 0 Å². The Kier molecular flexibility index (Phi) is 5.21. The summed E-state index contributed by atoms with van der Waals surface area (Å²) in [6.07, 6.45) is 4.14. The topological polar surface area (TPSA) is 17.3 Å². The molecule has 0 radical (unpaired) electrons. The van der Waals surface area contributed by atoms with Crippen molar-refractivity contribution in [2.24, 2.45) is 5.92 Å². The first-order valence-electron chi connectivity index (χ1n) is 7.17. The highest BCUT2D eigenvalue weighted by atomic mass is 15.1. The van der Waals surface area contributed by atoms with E-state index in [-0.39, 0.29) is 0 Å². The van der Waals surface area contributed by atoms with Crippen LogP contribution in [0.25, 0.3) is 5.32 Å². The van der Waals surface area contributed by atoms with Crippen LogP contribution in [-0.2, 0) is 0 Å². The van der Waals surface area contributed by atoms with Crippen LogP contribution in [0.1, 0.15) is 37.8 Å². The molecular formula is C16H25N2-. The Morgan fingerprint density at radius 1 is 1.11 bits per heavy atom.